The SMILES string of the molecule is CC.CC(=O)N[C@@H](C)[C@H](O)c1ccccc1. The quantitative estimate of drug-likeness (QED) is 0.826. The lowest BCUT2D eigenvalue weighted by Crippen LogP contribution is -2.35. The zero-order valence-electron chi connectivity index (χ0n) is 10.4. The summed E-state index contributed by atoms with van der Waals surface area (Å²) in [6.45, 7) is 7.22. The molecule has 3 heteroatoms. The maximum Gasteiger partial charge on any atom is 0.217 e. The third-order valence-corrected chi connectivity index (χ3v) is 2.05. The van der Waals surface area contributed by atoms with Gasteiger partial charge in [-0.15, -0.1) is 0 Å². The van der Waals surface area contributed by atoms with Crippen LogP contribution in [-0.2, 0) is 4.79 Å². The molecule has 0 unspecified atom stereocenters. The molecule has 0 spiro atoms. The van der Waals surface area contributed by atoms with Crippen molar-refractivity contribution in [1.29, 1.82) is 0 Å². The van der Waals surface area contributed by atoms with Gasteiger partial charge in [-0.3, -0.25) is 4.79 Å². The summed E-state index contributed by atoms with van der Waals surface area (Å²) in [5, 5.41) is 12.5. The largest absolute Gasteiger partial charge is 0.386 e. The van der Waals surface area contributed by atoms with E-state index in [2.05, 4.69) is 5.32 Å². The van der Waals surface area contributed by atoms with Gasteiger partial charge in [0.15, 0.2) is 0 Å². The fourth-order valence-corrected chi connectivity index (χ4v) is 1.34. The van der Waals surface area contributed by atoms with E-state index in [4.69, 9.17) is 0 Å². The van der Waals surface area contributed by atoms with Crippen LogP contribution in [0.3, 0.4) is 0 Å². The zero-order chi connectivity index (χ0) is 12.6. The minimum absolute atomic E-state index is 0.132. The molecular weight excluding hydrogens is 202 g/mol. The molecule has 3 nitrogen and oxygen atoms in total. The van der Waals surface area contributed by atoms with Gasteiger partial charge in [-0.05, 0) is 12.5 Å². The smallest absolute Gasteiger partial charge is 0.217 e. The summed E-state index contributed by atoms with van der Waals surface area (Å²) in [5.74, 6) is -0.132. The van der Waals surface area contributed by atoms with Crippen LogP contribution in [0.15, 0.2) is 30.3 Å². The predicted octanol–water partition coefficient (Wildman–Crippen LogP) is 2.27. The Morgan fingerprint density at radius 2 is 1.75 bits per heavy atom. The summed E-state index contributed by atoms with van der Waals surface area (Å²) in [7, 11) is 0. The van der Waals surface area contributed by atoms with Crippen LogP contribution < -0.4 is 5.32 Å². The number of hydrogen-bond acceptors (Lipinski definition) is 2. The van der Waals surface area contributed by atoms with Crippen LogP contribution in [0.5, 0.6) is 0 Å². The van der Waals surface area contributed by atoms with Gasteiger partial charge in [0.05, 0.1) is 12.1 Å². The summed E-state index contributed by atoms with van der Waals surface area (Å²) in [5.41, 5.74) is 0.814. The van der Waals surface area contributed by atoms with Gasteiger partial charge >= 0.3 is 0 Å². The summed E-state index contributed by atoms with van der Waals surface area (Å²) >= 11 is 0. The molecule has 0 bridgehead atoms. The molecule has 16 heavy (non-hydrogen) atoms. The molecule has 1 aromatic carbocycles. The van der Waals surface area contributed by atoms with Gasteiger partial charge in [-0.2, -0.15) is 0 Å². The van der Waals surface area contributed by atoms with Crippen LogP contribution in [0.2, 0.25) is 0 Å². The Labute approximate surface area is 97.5 Å². The molecule has 0 aliphatic carbocycles. The Morgan fingerprint density at radius 1 is 1.25 bits per heavy atom. The Bertz CT molecular complexity index is 298. The van der Waals surface area contributed by atoms with E-state index in [0.717, 1.165) is 5.56 Å². The van der Waals surface area contributed by atoms with Crippen LogP contribution in [0, 0.1) is 0 Å². The summed E-state index contributed by atoms with van der Waals surface area (Å²) in [6.07, 6.45) is -0.653. The lowest BCUT2D eigenvalue weighted by molar-refractivity contribution is -0.120. The van der Waals surface area contributed by atoms with Gasteiger partial charge in [0.25, 0.3) is 0 Å². The molecule has 2 N–H and O–H groups in total. The first-order valence-corrected chi connectivity index (χ1v) is 5.61. The molecule has 0 aliphatic heterocycles. The maximum atomic E-state index is 10.8. The Morgan fingerprint density at radius 3 is 2.19 bits per heavy atom. The molecule has 0 radical (unpaired) electrons. The minimum atomic E-state index is -0.653. The molecule has 0 aromatic heterocycles. The number of nitrogens with one attached hydrogen (secondary N) is 1. The molecule has 1 aromatic rings. The number of carbonyl (C=O) groups excluding carboxylic acids is 1. The van der Waals surface area contributed by atoms with E-state index in [1.54, 1.807) is 6.92 Å². The molecule has 1 rings (SSSR count). The van der Waals surface area contributed by atoms with Crippen molar-refractivity contribution in [3.63, 3.8) is 0 Å². The van der Waals surface area contributed by atoms with Gasteiger partial charge in [-0.1, -0.05) is 44.2 Å². The van der Waals surface area contributed by atoms with Crippen molar-refractivity contribution < 1.29 is 9.90 Å². The highest BCUT2D eigenvalue weighted by Gasteiger charge is 2.16. The van der Waals surface area contributed by atoms with Crippen molar-refractivity contribution in [2.24, 2.45) is 0 Å². The van der Waals surface area contributed by atoms with Crippen LogP contribution in [0.1, 0.15) is 39.4 Å². The second-order valence-electron chi connectivity index (χ2n) is 3.34. The Hall–Kier alpha value is -1.35. The highest BCUT2D eigenvalue weighted by atomic mass is 16.3. The number of carbonyl (C=O) groups is 1. The molecule has 1 amide bonds. The van der Waals surface area contributed by atoms with E-state index in [9.17, 15) is 9.90 Å². The van der Waals surface area contributed by atoms with Crippen molar-refractivity contribution in [3.8, 4) is 0 Å². The highest BCUT2D eigenvalue weighted by molar-refractivity contribution is 5.73. The van der Waals surface area contributed by atoms with E-state index in [1.165, 1.54) is 6.92 Å². The molecule has 90 valence electrons. The standard InChI is InChI=1S/C11H15NO2.C2H6/c1-8(12-9(2)13)11(14)10-6-4-3-5-7-10;1-2/h3-8,11,14H,1-2H3,(H,12,13);1-2H3/t8-,11-;/m0./s1. The fraction of sp³-hybridized carbons (Fsp3) is 0.462. The summed E-state index contributed by atoms with van der Waals surface area (Å²) in [6, 6.07) is 9.01. The zero-order valence-corrected chi connectivity index (χ0v) is 10.4. The lowest BCUT2D eigenvalue weighted by Gasteiger charge is -2.19. The monoisotopic (exact) mass is 223 g/mol. The number of aliphatic hydroxyl groups excluding tert-OH is 1. The van der Waals surface area contributed by atoms with Crippen molar-refractivity contribution in [2.75, 3.05) is 0 Å². The van der Waals surface area contributed by atoms with Crippen molar-refractivity contribution >= 4 is 5.91 Å². The minimum Gasteiger partial charge on any atom is -0.386 e. The third-order valence-electron chi connectivity index (χ3n) is 2.05. The van der Waals surface area contributed by atoms with E-state index in [-0.39, 0.29) is 11.9 Å². The predicted molar refractivity (Wildman–Crippen MR) is 66.0 cm³/mol. The van der Waals surface area contributed by atoms with Crippen molar-refractivity contribution in [3.05, 3.63) is 35.9 Å². The van der Waals surface area contributed by atoms with Gasteiger partial charge < -0.3 is 10.4 Å². The Balaban J connectivity index is 0.00000106. The van der Waals surface area contributed by atoms with Crippen molar-refractivity contribution in [1.82, 2.24) is 5.32 Å². The first-order chi connectivity index (χ1) is 7.61. The second kappa shape index (κ2) is 7.88. The molecule has 0 saturated carbocycles. The first kappa shape index (κ1) is 14.6. The van der Waals surface area contributed by atoms with E-state index in [1.807, 2.05) is 44.2 Å². The van der Waals surface area contributed by atoms with Crippen LogP contribution in [-0.4, -0.2) is 17.1 Å². The van der Waals surface area contributed by atoms with Gasteiger partial charge in [-0.25, -0.2) is 0 Å². The van der Waals surface area contributed by atoms with E-state index >= 15 is 0 Å². The van der Waals surface area contributed by atoms with Crippen LogP contribution >= 0.6 is 0 Å². The third kappa shape index (κ3) is 4.94. The number of amides is 1. The van der Waals surface area contributed by atoms with E-state index in [0.29, 0.717) is 0 Å². The Kier molecular flexibility index (Phi) is 7.21. The van der Waals surface area contributed by atoms with Gasteiger partial charge in [0, 0.05) is 6.92 Å². The van der Waals surface area contributed by atoms with Crippen molar-refractivity contribution in [2.45, 2.75) is 39.8 Å². The average Bonchev–Trinajstić information content (AvgIpc) is 2.31. The normalized spacial score (nSPS) is 13.1. The maximum absolute atomic E-state index is 10.8. The van der Waals surface area contributed by atoms with Crippen LogP contribution in [0.25, 0.3) is 0 Å². The summed E-state index contributed by atoms with van der Waals surface area (Å²) < 4.78 is 0. The highest BCUT2D eigenvalue weighted by Crippen LogP contribution is 2.15. The second-order valence-corrected chi connectivity index (χ2v) is 3.34. The fourth-order valence-electron chi connectivity index (χ4n) is 1.34. The molecule has 2 atom stereocenters. The molecule has 0 aliphatic rings. The van der Waals surface area contributed by atoms with Gasteiger partial charge in [0.2, 0.25) is 5.91 Å². The molecular formula is C13H21NO2. The number of hydrogen-bond donors (Lipinski definition) is 2. The topological polar surface area (TPSA) is 49.3 Å². The number of rotatable bonds is 3. The molecule has 0 fully saturated rings. The number of benzene rings is 1. The first-order valence-electron chi connectivity index (χ1n) is 5.61. The number of aliphatic hydroxyl groups is 1. The summed E-state index contributed by atoms with van der Waals surface area (Å²) in [4.78, 5) is 10.8. The molecule has 0 saturated heterocycles. The lowest BCUT2D eigenvalue weighted by atomic mass is 10.0. The molecule has 0 heterocycles. The van der Waals surface area contributed by atoms with Gasteiger partial charge in [0.1, 0.15) is 0 Å². The average molecular weight is 223 g/mol. The van der Waals surface area contributed by atoms with Crippen LogP contribution in [0.4, 0.5) is 0 Å². The van der Waals surface area contributed by atoms with E-state index < -0.39 is 6.10 Å².